The van der Waals surface area contributed by atoms with Crippen LogP contribution in [0.25, 0.3) is 0 Å². The molecule has 0 aliphatic rings. The fourth-order valence-corrected chi connectivity index (χ4v) is 1.76. The molecule has 0 bridgehead atoms. The Morgan fingerprint density at radius 1 is 1.23 bits per heavy atom. The molecule has 0 unspecified atom stereocenters. The zero-order valence-electron chi connectivity index (χ0n) is 12.4. The van der Waals surface area contributed by atoms with Crippen molar-refractivity contribution < 1.29 is 13.9 Å². The number of nitrogens with one attached hydrogen (secondary N) is 2. The average Bonchev–Trinajstić information content (AvgIpc) is 2.53. The maximum Gasteiger partial charge on any atom is 0.251 e. The fraction of sp³-hybridized carbons (Fsp3) is 0.267. The lowest BCUT2D eigenvalue weighted by molar-refractivity contribution is 0.0954. The summed E-state index contributed by atoms with van der Waals surface area (Å²) in [6, 6.07) is 7.64. The summed E-state index contributed by atoms with van der Waals surface area (Å²) in [4.78, 5) is 11.9. The van der Waals surface area contributed by atoms with Gasteiger partial charge in [0, 0.05) is 18.7 Å². The lowest BCUT2D eigenvalue weighted by Crippen LogP contribution is -2.29. The van der Waals surface area contributed by atoms with E-state index < -0.39 is 5.82 Å². The van der Waals surface area contributed by atoms with E-state index >= 15 is 0 Å². The molecule has 2 N–H and O–H groups in total. The van der Waals surface area contributed by atoms with Crippen LogP contribution in [-0.2, 0) is 0 Å². The predicted molar refractivity (Wildman–Crippen MR) is 80.5 cm³/mol. The van der Waals surface area contributed by atoms with Crippen molar-refractivity contribution in [1.82, 2.24) is 15.5 Å². The molecular weight excluding hydrogens is 287 g/mol. The Morgan fingerprint density at radius 2 is 2.05 bits per heavy atom. The van der Waals surface area contributed by atoms with Gasteiger partial charge in [0.15, 0.2) is 11.6 Å². The molecule has 116 valence electrons. The third-order valence-corrected chi connectivity index (χ3v) is 2.93. The van der Waals surface area contributed by atoms with Gasteiger partial charge in [-0.3, -0.25) is 4.79 Å². The molecular formula is C15H17FN4O2. The summed E-state index contributed by atoms with van der Waals surface area (Å²) in [5.74, 6) is -0.113. The third-order valence-electron chi connectivity index (χ3n) is 2.93. The number of carbonyl (C=O) groups excluding carboxylic acids is 1. The van der Waals surface area contributed by atoms with Crippen molar-refractivity contribution in [1.29, 1.82) is 0 Å². The summed E-state index contributed by atoms with van der Waals surface area (Å²) < 4.78 is 18.1. The number of aryl methyl sites for hydroxylation is 1. The molecule has 2 aromatic rings. The van der Waals surface area contributed by atoms with Gasteiger partial charge in [0.1, 0.15) is 5.82 Å². The van der Waals surface area contributed by atoms with E-state index in [1.165, 1.54) is 25.3 Å². The lowest BCUT2D eigenvalue weighted by Gasteiger charge is -2.08. The van der Waals surface area contributed by atoms with E-state index in [9.17, 15) is 9.18 Å². The number of rotatable bonds is 6. The van der Waals surface area contributed by atoms with Gasteiger partial charge in [-0.05, 0) is 37.3 Å². The number of hydrogen-bond acceptors (Lipinski definition) is 5. The van der Waals surface area contributed by atoms with Crippen LogP contribution in [0.4, 0.5) is 10.2 Å². The van der Waals surface area contributed by atoms with Crippen LogP contribution in [-0.4, -0.2) is 36.3 Å². The molecule has 0 radical (unpaired) electrons. The number of aromatic nitrogens is 2. The second-order valence-corrected chi connectivity index (χ2v) is 4.59. The molecule has 6 nitrogen and oxygen atoms in total. The van der Waals surface area contributed by atoms with E-state index in [0.717, 1.165) is 5.69 Å². The van der Waals surface area contributed by atoms with Gasteiger partial charge in [-0.2, -0.15) is 5.10 Å². The van der Waals surface area contributed by atoms with Gasteiger partial charge in [-0.15, -0.1) is 5.10 Å². The van der Waals surface area contributed by atoms with Crippen molar-refractivity contribution in [2.75, 3.05) is 25.5 Å². The normalized spacial score (nSPS) is 10.1. The Labute approximate surface area is 127 Å². The van der Waals surface area contributed by atoms with Crippen LogP contribution < -0.4 is 15.4 Å². The van der Waals surface area contributed by atoms with Gasteiger partial charge in [0.25, 0.3) is 5.91 Å². The molecule has 0 atom stereocenters. The van der Waals surface area contributed by atoms with Crippen LogP contribution in [0.15, 0.2) is 30.3 Å². The summed E-state index contributed by atoms with van der Waals surface area (Å²) in [6.45, 7) is 2.75. The number of ether oxygens (including phenoxy) is 1. The molecule has 1 aromatic carbocycles. The Balaban J connectivity index is 1.81. The van der Waals surface area contributed by atoms with Gasteiger partial charge in [0.05, 0.1) is 12.8 Å². The Bertz CT molecular complexity index is 646. The van der Waals surface area contributed by atoms with E-state index in [0.29, 0.717) is 24.5 Å². The first kappa shape index (κ1) is 15.7. The summed E-state index contributed by atoms with van der Waals surface area (Å²) in [5.41, 5.74) is 1.18. The van der Waals surface area contributed by atoms with Crippen molar-refractivity contribution in [3.8, 4) is 5.75 Å². The van der Waals surface area contributed by atoms with Crippen LogP contribution in [0.2, 0.25) is 0 Å². The largest absolute Gasteiger partial charge is 0.494 e. The maximum atomic E-state index is 13.3. The molecule has 0 spiro atoms. The highest BCUT2D eigenvalue weighted by Crippen LogP contribution is 2.17. The summed E-state index contributed by atoms with van der Waals surface area (Å²) >= 11 is 0. The Kier molecular flexibility index (Phi) is 5.24. The summed E-state index contributed by atoms with van der Waals surface area (Å²) in [5, 5.41) is 13.6. The molecule has 0 saturated heterocycles. The highest BCUT2D eigenvalue weighted by molar-refractivity contribution is 5.94. The van der Waals surface area contributed by atoms with Crippen LogP contribution in [0, 0.1) is 12.7 Å². The highest BCUT2D eigenvalue weighted by Gasteiger charge is 2.09. The number of carbonyl (C=O) groups is 1. The van der Waals surface area contributed by atoms with E-state index in [4.69, 9.17) is 4.74 Å². The van der Waals surface area contributed by atoms with Crippen molar-refractivity contribution in [2.45, 2.75) is 6.92 Å². The molecule has 0 fully saturated rings. The average molecular weight is 304 g/mol. The quantitative estimate of drug-likeness (QED) is 0.796. The van der Waals surface area contributed by atoms with Gasteiger partial charge >= 0.3 is 0 Å². The first-order valence-electron chi connectivity index (χ1n) is 6.76. The van der Waals surface area contributed by atoms with Crippen molar-refractivity contribution in [3.05, 3.63) is 47.4 Å². The number of methoxy groups -OCH3 is 1. The molecule has 1 heterocycles. The minimum Gasteiger partial charge on any atom is -0.494 e. The van der Waals surface area contributed by atoms with Gasteiger partial charge in [-0.25, -0.2) is 4.39 Å². The van der Waals surface area contributed by atoms with E-state index in [1.54, 1.807) is 0 Å². The molecule has 22 heavy (non-hydrogen) atoms. The monoisotopic (exact) mass is 304 g/mol. The van der Waals surface area contributed by atoms with Crippen LogP contribution in [0.3, 0.4) is 0 Å². The van der Waals surface area contributed by atoms with E-state index in [1.807, 2.05) is 19.1 Å². The van der Waals surface area contributed by atoms with Gasteiger partial charge in [0.2, 0.25) is 0 Å². The SMILES string of the molecule is COc1cc(C(=O)NCCNc2ccc(C)nn2)ccc1F. The van der Waals surface area contributed by atoms with E-state index in [2.05, 4.69) is 20.8 Å². The predicted octanol–water partition coefficient (Wildman–Crippen LogP) is 1.77. The smallest absolute Gasteiger partial charge is 0.251 e. The first-order valence-corrected chi connectivity index (χ1v) is 6.76. The van der Waals surface area contributed by atoms with Gasteiger partial charge in [-0.1, -0.05) is 0 Å². The number of benzene rings is 1. The molecule has 7 heteroatoms. The van der Waals surface area contributed by atoms with Crippen molar-refractivity contribution in [3.63, 3.8) is 0 Å². The van der Waals surface area contributed by atoms with Gasteiger partial charge < -0.3 is 15.4 Å². The van der Waals surface area contributed by atoms with Crippen molar-refractivity contribution >= 4 is 11.7 Å². The van der Waals surface area contributed by atoms with Crippen molar-refractivity contribution in [2.24, 2.45) is 0 Å². The molecule has 1 amide bonds. The molecule has 0 aliphatic carbocycles. The third kappa shape index (κ3) is 4.15. The fourth-order valence-electron chi connectivity index (χ4n) is 1.76. The summed E-state index contributed by atoms with van der Waals surface area (Å²) in [7, 11) is 1.35. The highest BCUT2D eigenvalue weighted by atomic mass is 19.1. The molecule has 2 rings (SSSR count). The Morgan fingerprint density at radius 3 is 2.73 bits per heavy atom. The molecule has 1 aromatic heterocycles. The second kappa shape index (κ2) is 7.35. The number of hydrogen-bond donors (Lipinski definition) is 2. The molecule has 0 aliphatic heterocycles. The standard InChI is InChI=1S/C15H17FN4O2/c1-10-3-6-14(20-19-10)17-7-8-18-15(21)11-4-5-12(16)13(9-11)22-2/h3-6,9H,7-8H2,1-2H3,(H,17,20)(H,18,21). The first-order chi connectivity index (χ1) is 10.6. The zero-order chi connectivity index (χ0) is 15.9. The number of nitrogens with zero attached hydrogens (tertiary/aromatic N) is 2. The maximum absolute atomic E-state index is 13.3. The summed E-state index contributed by atoms with van der Waals surface area (Å²) in [6.07, 6.45) is 0. The zero-order valence-corrected chi connectivity index (χ0v) is 12.4. The van der Waals surface area contributed by atoms with Crippen LogP contribution in [0.1, 0.15) is 16.1 Å². The van der Waals surface area contributed by atoms with E-state index in [-0.39, 0.29) is 11.7 Å². The Hall–Kier alpha value is -2.70. The lowest BCUT2D eigenvalue weighted by atomic mass is 10.2. The minimum atomic E-state index is -0.501. The van der Waals surface area contributed by atoms with Crippen LogP contribution in [0.5, 0.6) is 5.75 Å². The number of anilines is 1. The second-order valence-electron chi connectivity index (χ2n) is 4.59. The number of halogens is 1. The number of amides is 1. The topological polar surface area (TPSA) is 76.1 Å². The minimum absolute atomic E-state index is 0.0423. The molecule has 0 saturated carbocycles. The van der Waals surface area contributed by atoms with Crippen LogP contribution >= 0.6 is 0 Å².